The number of halogens is 5. The van der Waals surface area contributed by atoms with Crippen LogP contribution in [0.1, 0.15) is 44.0 Å². The molecule has 1 atom stereocenters. The number of amides is 1. The summed E-state index contributed by atoms with van der Waals surface area (Å²) in [7, 11) is 0. The predicted molar refractivity (Wildman–Crippen MR) is 120 cm³/mol. The van der Waals surface area contributed by atoms with Gasteiger partial charge in [-0.25, -0.2) is 0 Å². The molecule has 0 spiro atoms. The highest BCUT2D eigenvalue weighted by molar-refractivity contribution is 6.34. The van der Waals surface area contributed by atoms with Crippen molar-refractivity contribution in [3.8, 4) is 0 Å². The van der Waals surface area contributed by atoms with Crippen LogP contribution in [-0.4, -0.2) is 32.9 Å². The van der Waals surface area contributed by atoms with Crippen LogP contribution in [0.4, 0.5) is 13.2 Å². The fourth-order valence-corrected chi connectivity index (χ4v) is 4.39. The summed E-state index contributed by atoms with van der Waals surface area (Å²) in [6, 6.07) is 12.5. The molecular formula is C24H17Cl2F3N2O3. The molecule has 1 aromatic heterocycles. The zero-order chi connectivity index (χ0) is 24.7. The third-order valence-electron chi connectivity index (χ3n) is 5.61. The van der Waals surface area contributed by atoms with Crippen molar-refractivity contribution in [3.05, 3.63) is 98.8 Å². The van der Waals surface area contributed by atoms with E-state index in [9.17, 15) is 27.9 Å². The molecule has 4 rings (SSSR count). The lowest BCUT2D eigenvalue weighted by molar-refractivity contribution is -0.264. The third-order valence-corrected chi connectivity index (χ3v) is 6.05. The summed E-state index contributed by atoms with van der Waals surface area (Å²) in [5, 5.41) is 10.4. The quantitative estimate of drug-likeness (QED) is 0.442. The standard InChI is InChI=1S/C24H17Cl2F3N2O3/c25-17-8-16(9-18(26)10-17)23(34,24(27,28)29)11-21(32)14-4-5-20-15(7-14)12-31(22(20)33)13-19-3-1-2-6-30-19/h1-10,34H,11-13H2. The molecule has 1 unspecified atom stereocenters. The maximum atomic E-state index is 13.9. The summed E-state index contributed by atoms with van der Waals surface area (Å²) in [5.41, 5.74) is -2.65. The van der Waals surface area contributed by atoms with Crippen LogP contribution >= 0.6 is 23.2 Å². The summed E-state index contributed by atoms with van der Waals surface area (Å²) in [4.78, 5) is 31.3. The van der Waals surface area contributed by atoms with E-state index in [0.29, 0.717) is 16.8 Å². The molecule has 1 aliphatic heterocycles. The average molecular weight is 509 g/mol. The van der Waals surface area contributed by atoms with Crippen LogP contribution in [0.5, 0.6) is 0 Å². The largest absolute Gasteiger partial charge is 0.421 e. The van der Waals surface area contributed by atoms with Gasteiger partial charge in [0.2, 0.25) is 0 Å². The molecule has 0 saturated heterocycles. The van der Waals surface area contributed by atoms with Gasteiger partial charge in [-0.15, -0.1) is 0 Å². The summed E-state index contributed by atoms with van der Waals surface area (Å²) >= 11 is 11.6. The molecule has 5 nitrogen and oxygen atoms in total. The Hall–Kier alpha value is -2.94. The Balaban J connectivity index is 1.59. The SMILES string of the molecule is O=C(CC(O)(c1cc(Cl)cc(Cl)c1)C(F)(F)F)c1ccc2c(c1)CN(Cc1ccccn1)C2=O. The van der Waals surface area contributed by atoms with Crippen molar-refractivity contribution in [3.63, 3.8) is 0 Å². The number of hydrogen-bond acceptors (Lipinski definition) is 4. The maximum Gasteiger partial charge on any atom is 0.421 e. The number of benzene rings is 2. The topological polar surface area (TPSA) is 70.5 Å². The highest BCUT2D eigenvalue weighted by Gasteiger charge is 2.56. The fourth-order valence-electron chi connectivity index (χ4n) is 3.86. The van der Waals surface area contributed by atoms with Gasteiger partial charge in [-0.1, -0.05) is 35.3 Å². The number of carbonyl (C=O) groups excluding carboxylic acids is 2. The third kappa shape index (κ3) is 4.66. The van der Waals surface area contributed by atoms with Gasteiger partial charge in [0.25, 0.3) is 5.91 Å². The molecule has 1 aliphatic rings. The Morgan fingerprint density at radius 1 is 1.06 bits per heavy atom. The van der Waals surface area contributed by atoms with Crippen LogP contribution in [0.3, 0.4) is 0 Å². The fraction of sp³-hybridized carbons (Fsp3) is 0.208. The zero-order valence-corrected chi connectivity index (χ0v) is 19.0. The van der Waals surface area contributed by atoms with E-state index < -0.39 is 29.5 Å². The number of pyridine rings is 1. The normalized spacial score (nSPS) is 15.2. The van der Waals surface area contributed by atoms with Crippen molar-refractivity contribution in [2.75, 3.05) is 0 Å². The lowest BCUT2D eigenvalue weighted by Gasteiger charge is -2.30. The number of aromatic nitrogens is 1. The molecule has 0 radical (unpaired) electrons. The summed E-state index contributed by atoms with van der Waals surface area (Å²) in [5.74, 6) is -1.21. The highest BCUT2D eigenvalue weighted by Crippen LogP contribution is 2.44. The zero-order valence-electron chi connectivity index (χ0n) is 17.4. The van der Waals surface area contributed by atoms with Crippen molar-refractivity contribution >= 4 is 34.9 Å². The van der Waals surface area contributed by atoms with E-state index in [2.05, 4.69) is 4.98 Å². The minimum absolute atomic E-state index is 0.0537. The number of alkyl halides is 3. The van der Waals surface area contributed by atoms with E-state index >= 15 is 0 Å². The number of ketones is 1. The Morgan fingerprint density at radius 3 is 2.38 bits per heavy atom. The number of hydrogen-bond donors (Lipinski definition) is 1. The Labute approximate surface area is 202 Å². The van der Waals surface area contributed by atoms with Crippen LogP contribution in [-0.2, 0) is 18.7 Å². The van der Waals surface area contributed by atoms with Crippen molar-refractivity contribution < 1.29 is 27.9 Å². The van der Waals surface area contributed by atoms with Crippen LogP contribution in [0.2, 0.25) is 10.0 Å². The molecule has 34 heavy (non-hydrogen) atoms. The van der Waals surface area contributed by atoms with Gasteiger partial charge >= 0.3 is 6.18 Å². The molecule has 0 fully saturated rings. The van der Waals surface area contributed by atoms with Crippen LogP contribution in [0.25, 0.3) is 0 Å². The second-order valence-corrected chi connectivity index (χ2v) is 8.84. The maximum absolute atomic E-state index is 13.9. The molecule has 2 heterocycles. The van der Waals surface area contributed by atoms with E-state index in [0.717, 1.165) is 12.1 Å². The predicted octanol–water partition coefficient (Wildman–Crippen LogP) is 5.57. The number of aliphatic hydroxyl groups is 1. The van der Waals surface area contributed by atoms with E-state index in [1.165, 1.54) is 29.2 Å². The van der Waals surface area contributed by atoms with Gasteiger partial charge in [0.1, 0.15) is 0 Å². The van der Waals surface area contributed by atoms with E-state index in [4.69, 9.17) is 23.2 Å². The molecule has 0 saturated carbocycles. The molecule has 0 bridgehead atoms. The smallest absolute Gasteiger partial charge is 0.376 e. The Bertz CT molecular complexity index is 1250. The van der Waals surface area contributed by atoms with Gasteiger partial charge < -0.3 is 10.0 Å². The monoisotopic (exact) mass is 508 g/mol. The van der Waals surface area contributed by atoms with Crippen LogP contribution < -0.4 is 0 Å². The molecule has 1 amide bonds. The first kappa shape index (κ1) is 24.2. The minimum atomic E-state index is -5.18. The molecular weight excluding hydrogens is 492 g/mol. The van der Waals surface area contributed by atoms with Gasteiger partial charge in [0.15, 0.2) is 11.4 Å². The Morgan fingerprint density at radius 2 is 1.76 bits per heavy atom. The number of carbonyl (C=O) groups is 2. The lowest BCUT2D eigenvalue weighted by Crippen LogP contribution is -2.44. The molecule has 0 aliphatic carbocycles. The van der Waals surface area contributed by atoms with Gasteiger partial charge in [-0.2, -0.15) is 13.2 Å². The van der Waals surface area contributed by atoms with Gasteiger partial charge in [0.05, 0.1) is 18.7 Å². The van der Waals surface area contributed by atoms with Crippen molar-refractivity contribution in [1.29, 1.82) is 0 Å². The summed E-state index contributed by atoms with van der Waals surface area (Å²) in [6.45, 7) is 0.431. The number of nitrogens with zero attached hydrogens (tertiary/aromatic N) is 2. The first-order valence-electron chi connectivity index (χ1n) is 10.1. The Kier molecular flexibility index (Phi) is 6.42. The minimum Gasteiger partial charge on any atom is -0.376 e. The van der Waals surface area contributed by atoms with Crippen molar-refractivity contribution in [2.45, 2.75) is 31.3 Å². The number of Topliss-reactive ketones (excluding diaryl/α,β-unsaturated/α-hetero) is 1. The van der Waals surface area contributed by atoms with E-state index in [1.54, 1.807) is 24.4 Å². The van der Waals surface area contributed by atoms with Gasteiger partial charge in [-0.3, -0.25) is 14.6 Å². The average Bonchev–Trinajstić information content (AvgIpc) is 3.07. The molecule has 176 valence electrons. The molecule has 2 aromatic carbocycles. The molecule has 1 N–H and O–H groups in total. The molecule has 10 heteroatoms. The van der Waals surface area contributed by atoms with Gasteiger partial charge in [-0.05, 0) is 53.6 Å². The van der Waals surface area contributed by atoms with Crippen LogP contribution in [0.15, 0.2) is 60.8 Å². The van der Waals surface area contributed by atoms with Crippen LogP contribution in [0, 0.1) is 0 Å². The second-order valence-electron chi connectivity index (χ2n) is 7.97. The van der Waals surface area contributed by atoms with Crippen molar-refractivity contribution in [1.82, 2.24) is 9.88 Å². The van der Waals surface area contributed by atoms with Crippen molar-refractivity contribution in [2.24, 2.45) is 0 Å². The molecule has 3 aromatic rings. The summed E-state index contributed by atoms with van der Waals surface area (Å²) in [6.07, 6.45) is -4.85. The highest BCUT2D eigenvalue weighted by atomic mass is 35.5. The number of rotatable bonds is 6. The first-order valence-corrected chi connectivity index (χ1v) is 10.8. The lowest BCUT2D eigenvalue weighted by atomic mass is 9.86. The summed E-state index contributed by atoms with van der Waals surface area (Å²) < 4.78 is 41.7. The van der Waals surface area contributed by atoms with Gasteiger partial charge in [0, 0.05) is 33.9 Å². The van der Waals surface area contributed by atoms with E-state index in [-0.39, 0.29) is 34.6 Å². The van der Waals surface area contributed by atoms with E-state index in [1.807, 2.05) is 0 Å². The second kappa shape index (κ2) is 9.02. The number of fused-ring (bicyclic) bond motifs is 1. The first-order chi connectivity index (χ1) is 16.0.